The summed E-state index contributed by atoms with van der Waals surface area (Å²) >= 11 is 0. The van der Waals surface area contributed by atoms with Crippen LogP contribution >= 0.6 is 0 Å². The minimum Gasteiger partial charge on any atom is -0.356 e. The Kier molecular flexibility index (Phi) is 7.94. The van der Waals surface area contributed by atoms with Crippen LogP contribution in [0.4, 0.5) is 0 Å². The van der Waals surface area contributed by atoms with Gasteiger partial charge in [-0.15, -0.1) is 0 Å². The summed E-state index contributed by atoms with van der Waals surface area (Å²) in [6.45, 7) is 3.39. The van der Waals surface area contributed by atoms with E-state index in [1.807, 2.05) is 6.92 Å². The molecule has 0 aliphatic heterocycles. The molecule has 2 amide bonds. The van der Waals surface area contributed by atoms with Crippen LogP contribution in [-0.4, -0.2) is 24.9 Å². The maximum Gasteiger partial charge on any atom is 0.220 e. The van der Waals surface area contributed by atoms with Crippen molar-refractivity contribution in [2.75, 3.05) is 13.1 Å². The molecule has 19 heavy (non-hydrogen) atoms. The van der Waals surface area contributed by atoms with Gasteiger partial charge in [0.1, 0.15) is 0 Å². The highest BCUT2D eigenvalue weighted by molar-refractivity contribution is 5.83. The van der Waals surface area contributed by atoms with E-state index in [-0.39, 0.29) is 24.7 Å². The Morgan fingerprint density at radius 1 is 1.11 bits per heavy atom. The van der Waals surface area contributed by atoms with Gasteiger partial charge in [-0.2, -0.15) is 0 Å². The first kappa shape index (κ1) is 15.7. The summed E-state index contributed by atoms with van der Waals surface area (Å²) in [7, 11) is 0. The molecule has 0 spiro atoms. The second kappa shape index (κ2) is 9.59. The molecule has 4 nitrogen and oxygen atoms in total. The zero-order valence-electron chi connectivity index (χ0n) is 12.0. The molecule has 0 bridgehead atoms. The number of hydrogen-bond donors (Lipinski definition) is 2. The van der Waals surface area contributed by atoms with Crippen LogP contribution in [0, 0.1) is 0 Å². The number of nitrogens with one attached hydrogen (secondary N) is 2. The molecule has 0 aromatic rings. The molecule has 0 aromatic heterocycles. The lowest BCUT2D eigenvalue weighted by molar-refractivity contribution is -0.126. The summed E-state index contributed by atoms with van der Waals surface area (Å²) in [5, 5.41) is 5.65. The van der Waals surface area contributed by atoms with E-state index in [0.29, 0.717) is 13.1 Å². The smallest absolute Gasteiger partial charge is 0.220 e. The molecule has 1 aliphatic carbocycles. The maximum atomic E-state index is 11.6. The zero-order valence-corrected chi connectivity index (χ0v) is 12.0. The second-order valence-electron chi connectivity index (χ2n) is 5.06. The minimum atomic E-state index is -0.0352. The first-order valence-electron chi connectivity index (χ1n) is 7.43. The van der Waals surface area contributed by atoms with Crippen molar-refractivity contribution in [1.82, 2.24) is 10.6 Å². The van der Waals surface area contributed by atoms with Gasteiger partial charge in [0.25, 0.3) is 0 Å². The largest absolute Gasteiger partial charge is 0.356 e. The Bertz CT molecular complexity index is 324. The molecule has 0 saturated carbocycles. The van der Waals surface area contributed by atoms with Gasteiger partial charge in [0, 0.05) is 25.9 Å². The van der Waals surface area contributed by atoms with Gasteiger partial charge in [-0.05, 0) is 38.5 Å². The Morgan fingerprint density at radius 3 is 2.37 bits per heavy atom. The summed E-state index contributed by atoms with van der Waals surface area (Å²) in [5.41, 5.74) is 1.47. The molecule has 0 unspecified atom stereocenters. The number of hydrogen-bond acceptors (Lipinski definition) is 2. The van der Waals surface area contributed by atoms with Gasteiger partial charge in [-0.1, -0.05) is 18.6 Å². The van der Waals surface area contributed by atoms with Crippen molar-refractivity contribution < 1.29 is 9.59 Å². The highest BCUT2D eigenvalue weighted by Crippen LogP contribution is 2.19. The maximum absolute atomic E-state index is 11.6. The monoisotopic (exact) mass is 266 g/mol. The first-order valence-corrected chi connectivity index (χ1v) is 7.43. The summed E-state index contributed by atoms with van der Waals surface area (Å²) in [6, 6.07) is 0. The van der Waals surface area contributed by atoms with Crippen molar-refractivity contribution in [1.29, 1.82) is 0 Å². The lowest BCUT2D eigenvalue weighted by Gasteiger charge is -2.12. The zero-order chi connectivity index (χ0) is 13.9. The minimum absolute atomic E-state index is 0.0249. The van der Waals surface area contributed by atoms with E-state index in [1.165, 1.54) is 31.3 Å². The van der Waals surface area contributed by atoms with Crippen molar-refractivity contribution >= 4 is 11.8 Å². The Morgan fingerprint density at radius 2 is 1.79 bits per heavy atom. The van der Waals surface area contributed by atoms with Gasteiger partial charge in [-0.25, -0.2) is 0 Å². The van der Waals surface area contributed by atoms with E-state index in [4.69, 9.17) is 0 Å². The molecule has 2 N–H and O–H groups in total. The number of carbonyl (C=O) groups is 2. The lowest BCUT2D eigenvalue weighted by Crippen LogP contribution is -2.28. The molecule has 1 rings (SSSR count). The molecular formula is C15H26N2O2. The summed E-state index contributed by atoms with van der Waals surface area (Å²) in [4.78, 5) is 22.9. The predicted octanol–water partition coefficient (Wildman–Crippen LogP) is 2.30. The van der Waals surface area contributed by atoms with Gasteiger partial charge in [0.05, 0.1) is 0 Å². The fourth-order valence-electron chi connectivity index (χ4n) is 2.16. The fraction of sp³-hybridized carbons (Fsp3) is 0.733. The van der Waals surface area contributed by atoms with Crippen molar-refractivity contribution in [3.63, 3.8) is 0 Å². The van der Waals surface area contributed by atoms with Gasteiger partial charge in [-0.3, -0.25) is 9.59 Å². The predicted molar refractivity (Wildman–Crippen MR) is 76.7 cm³/mol. The summed E-state index contributed by atoms with van der Waals surface area (Å²) in [6.07, 6.45) is 9.67. The molecule has 4 heteroatoms. The normalized spacial score (nSPS) is 14.7. The van der Waals surface area contributed by atoms with Gasteiger partial charge < -0.3 is 10.6 Å². The van der Waals surface area contributed by atoms with Crippen LogP contribution in [0.1, 0.15) is 58.3 Å². The van der Waals surface area contributed by atoms with Crippen molar-refractivity contribution in [2.45, 2.75) is 58.3 Å². The van der Waals surface area contributed by atoms with Crippen LogP contribution in [0.2, 0.25) is 0 Å². The highest BCUT2D eigenvalue weighted by atomic mass is 16.2. The van der Waals surface area contributed by atoms with Crippen molar-refractivity contribution in [3.8, 4) is 0 Å². The van der Waals surface area contributed by atoms with Crippen molar-refractivity contribution in [2.24, 2.45) is 0 Å². The van der Waals surface area contributed by atoms with E-state index in [0.717, 1.165) is 12.8 Å². The van der Waals surface area contributed by atoms with Crippen LogP contribution in [-0.2, 0) is 9.59 Å². The Labute approximate surface area is 116 Å². The van der Waals surface area contributed by atoms with Crippen molar-refractivity contribution in [3.05, 3.63) is 11.6 Å². The lowest BCUT2D eigenvalue weighted by atomic mass is 9.97. The molecule has 0 radical (unpaired) electrons. The quantitative estimate of drug-likeness (QED) is 0.662. The molecular weight excluding hydrogens is 240 g/mol. The Hall–Kier alpha value is -1.32. The second-order valence-corrected chi connectivity index (χ2v) is 5.06. The van der Waals surface area contributed by atoms with E-state index in [9.17, 15) is 9.59 Å². The van der Waals surface area contributed by atoms with E-state index in [2.05, 4.69) is 16.7 Å². The third-order valence-corrected chi connectivity index (χ3v) is 3.30. The van der Waals surface area contributed by atoms with Crippen LogP contribution in [0.15, 0.2) is 11.6 Å². The van der Waals surface area contributed by atoms with Crippen LogP contribution in [0.5, 0.6) is 0 Å². The average Bonchev–Trinajstić information content (AvgIpc) is 2.44. The van der Waals surface area contributed by atoms with Crippen LogP contribution in [0.25, 0.3) is 0 Å². The summed E-state index contributed by atoms with van der Waals surface area (Å²) < 4.78 is 0. The topological polar surface area (TPSA) is 58.2 Å². The van der Waals surface area contributed by atoms with E-state index >= 15 is 0 Å². The molecule has 0 atom stereocenters. The van der Waals surface area contributed by atoms with Gasteiger partial charge in [0.2, 0.25) is 11.8 Å². The number of allylic oxidation sites excluding steroid dienone is 1. The molecule has 0 saturated heterocycles. The van der Waals surface area contributed by atoms with E-state index in [1.54, 1.807) is 0 Å². The van der Waals surface area contributed by atoms with Gasteiger partial charge in [0.15, 0.2) is 0 Å². The van der Waals surface area contributed by atoms with Crippen LogP contribution in [0.3, 0.4) is 0 Å². The van der Waals surface area contributed by atoms with E-state index < -0.39 is 0 Å². The fourth-order valence-corrected chi connectivity index (χ4v) is 2.16. The van der Waals surface area contributed by atoms with Gasteiger partial charge >= 0.3 is 0 Å². The molecule has 0 aromatic carbocycles. The number of carbonyl (C=O) groups excluding carboxylic acids is 2. The molecule has 0 heterocycles. The third kappa shape index (κ3) is 7.65. The summed E-state index contributed by atoms with van der Waals surface area (Å²) in [5.74, 6) is -0.0601. The van der Waals surface area contributed by atoms with Crippen LogP contribution < -0.4 is 10.6 Å². The number of amides is 2. The SMILES string of the molecule is CCCNC(=O)CCC(=O)NCCC1=CCCCC1. The number of rotatable bonds is 8. The Balaban J connectivity index is 2.04. The third-order valence-electron chi connectivity index (χ3n) is 3.30. The molecule has 108 valence electrons. The standard InChI is InChI=1S/C15H26N2O2/c1-2-11-16-14(18)8-9-15(19)17-12-10-13-6-4-3-5-7-13/h6H,2-5,7-12H2,1H3,(H,16,18)(H,17,19). The molecule has 0 fully saturated rings. The first-order chi connectivity index (χ1) is 9.22. The average molecular weight is 266 g/mol. The molecule has 1 aliphatic rings. The highest BCUT2D eigenvalue weighted by Gasteiger charge is 2.07.